The van der Waals surface area contributed by atoms with Gasteiger partial charge in [-0.25, -0.2) is 0 Å². The zero-order chi connectivity index (χ0) is 11.4. The van der Waals surface area contributed by atoms with E-state index in [1.54, 1.807) is 6.26 Å². The van der Waals surface area contributed by atoms with E-state index in [-0.39, 0.29) is 11.6 Å². The van der Waals surface area contributed by atoms with E-state index in [9.17, 15) is 14.9 Å². The second-order valence-electron chi connectivity index (χ2n) is 2.82. The zero-order valence-electron chi connectivity index (χ0n) is 8.31. The first-order valence-corrected chi connectivity index (χ1v) is 5.37. The second-order valence-corrected chi connectivity index (χ2v) is 3.67. The molecule has 1 aromatic carbocycles. The molecule has 0 aliphatic carbocycles. The maximum atomic E-state index is 10.8. The van der Waals surface area contributed by atoms with Gasteiger partial charge in [0, 0.05) is 24.0 Å². The summed E-state index contributed by atoms with van der Waals surface area (Å²) in [7, 11) is 0. The molecule has 5 nitrogen and oxygen atoms in total. The molecule has 1 amide bonds. The first-order chi connectivity index (χ1) is 7.04. The van der Waals surface area contributed by atoms with E-state index in [1.807, 2.05) is 0 Å². The Morgan fingerprint density at radius 3 is 2.67 bits per heavy atom. The molecule has 0 radical (unpaired) electrons. The number of amides is 1. The molecule has 0 unspecified atom stereocenters. The first-order valence-electron chi connectivity index (χ1n) is 4.14. The fourth-order valence-electron chi connectivity index (χ4n) is 1.09. The number of nitro benzene ring substituents is 1. The molecule has 1 N–H and O–H groups in total. The average molecular weight is 226 g/mol. The third-order valence-electron chi connectivity index (χ3n) is 1.71. The van der Waals surface area contributed by atoms with Gasteiger partial charge in [-0.1, -0.05) is 0 Å². The molecular formula is C9H10N2O3S. The predicted octanol–water partition coefficient (Wildman–Crippen LogP) is 2.28. The number of thioether (sulfide) groups is 1. The van der Waals surface area contributed by atoms with E-state index >= 15 is 0 Å². The number of anilines is 1. The Balaban J connectivity index is 3.08. The van der Waals surface area contributed by atoms with E-state index in [2.05, 4.69) is 5.32 Å². The quantitative estimate of drug-likeness (QED) is 0.487. The SMILES string of the molecule is CSc1cc([N+](=O)[O-])ccc1NC(C)=O. The Bertz CT molecular complexity index is 406. The van der Waals surface area contributed by atoms with E-state index in [4.69, 9.17) is 0 Å². The van der Waals surface area contributed by atoms with Crippen LogP contribution in [0.1, 0.15) is 6.92 Å². The van der Waals surface area contributed by atoms with Crippen LogP contribution in [0.15, 0.2) is 23.1 Å². The standard InChI is InChI=1S/C9H10N2O3S/c1-6(12)10-8-4-3-7(11(13)14)5-9(8)15-2/h3-5H,1-2H3,(H,10,12). The van der Waals surface area contributed by atoms with Gasteiger partial charge in [-0.2, -0.15) is 0 Å². The van der Waals surface area contributed by atoms with Gasteiger partial charge < -0.3 is 5.32 Å². The molecule has 0 aliphatic heterocycles. The minimum atomic E-state index is -0.461. The van der Waals surface area contributed by atoms with Crippen LogP contribution < -0.4 is 5.32 Å². The topological polar surface area (TPSA) is 72.2 Å². The number of nitrogens with one attached hydrogen (secondary N) is 1. The molecule has 80 valence electrons. The number of hydrogen-bond acceptors (Lipinski definition) is 4. The van der Waals surface area contributed by atoms with Crippen molar-refractivity contribution in [2.45, 2.75) is 11.8 Å². The lowest BCUT2D eigenvalue weighted by Gasteiger charge is -2.06. The fraction of sp³-hybridized carbons (Fsp3) is 0.222. The molecule has 0 saturated carbocycles. The summed E-state index contributed by atoms with van der Waals surface area (Å²) in [6.45, 7) is 1.39. The minimum absolute atomic E-state index is 0.0217. The third kappa shape index (κ3) is 2.95. The number of non-ortho nitro benzene ring substituents is 1. The Morgan fingerprint density at radius 2 is 2.20 bits per heavy atom. The number of carbonyl (C=O) groups excluding carboxylic acids is 1. The van der Waals surface area contributed by atoms with Gasteiger partial charge in [0.2, 0.25) is 5.91 Å². The summed E-state index contributed by atoms with van der Waals surface area (Å²) in [4.78, 5) is 21.6. The molecule has 1 aromatic rings. The van der Waals surface area contributed by atoms with Gasteiger partial charge in [0.15, 0.2) is 0 Å². The number of rotatable bonds is 3. The summed E-state index contributed by atoms with van der Waals surface area (Å²) in [6.07, 6.45) is 1.80. The number of carbonyl (C=O) groups is 1. The van der Waals surface area contributed by atoms with Crippen molar-refractivity contribution in [3.63, 3.8) is 0 Å². The highest BCUT2D eigenvalue weighted by atomic mass is 32.2. The third-order valence-corrected chi connectivity index (χ3v) is 2.48. The van der Waals surface area contributed by atoms with Gasteiger partial charge in [0.05, 0.1) is 10.6 Å². The summed E-state index contributed by atoms with van der Waals surface area (Å²) in [5.41, 5.74) is 0.619. The van der Waals surface area contributed by atoms with Crippen molar-refractivity contribution in [2.24, 2.45) is 0 Å². The van der Waals surface area contributed by atoms with Gasteiger partial charge >= 0.3 is 0 Å². The number of hydrogen-bond donors (Lipinski definition) is 1. The van der Waals surface area contributed by atoms with Crippen molar-refractivity contribution in [3.05, 3.63) is 28.3 Å². The van der Waals surface area contributed by atoms with Gasteiger partial charge in [0.1, 0.15) is 0 Å². The highest BCUT2D eigenvalue weighted by Gasteiger charge is 2.10. The van der Waals surface area contributed by atoms with Crippen molar-refractivity contribution >= 4 is 29.0 Å². The van der Waals surface area contributed by atoms with Gasteiger partial charge in [-0.15, -0.1) is 11.8 Å². The van der Waals surface area contributed by atoms with Crippen molar-refractivity contribution in [1.29, 1.82) is 0 Å². The molecule has 0 spiro atoms. The summed E-state index contributed by atoms with van der Waals surface area (Å²) in [5.74, 6) is -0.195. The minimum Gasteiger partial charge on any atom is -0.325 e. The molecule has 6 heteroatoms. The van der Waals surface area contributed by atoms with Crippen molar-refractivity contribution in [3.8, 4) is 0 Å². The maximum absolute atomic E-state index is 10.8. The fourth-order valence-corrected chi connectivity index (χ4v) is 1.66. The first kappa shape index (κ1) is 11.5. The molecule has 0 atom stereocenters. The molecule has 15 heavy (non-hydrogen) atoms. The number of nitro groups is 1. The Hall–Kier alpha value is -1.56. The molecule has 0 heterocycles. The molecule has 0 fully saturated rings. The summed E-state index contributed by atoms with van der Waals surface area (Å²) in [5, 5.41) is 13.1. The lowest BCUT2D eigenvalue weighted by Crippen LogP contribution is -2.06. The monoisotopic (exact) mass is 226 g/mol. The van der Waals surface area contributed by atoms with Gasteiger partial charge in [0.25, 0.3) is 5.69 Å². The smallest absolute Gasteiger partial charge is 0.270 e. The Labute approximate surface area is 91.0 Å². The van der Waals surface area contributed by atoms with Crippen molar-refractivity contribution in [2.75, 3.05) is 11.6 Å². The normalized spacial score (nSPS) is 9.73. The summed E-state index contributed by atoms with van der Waals surface area (Å²) < 4.78 is 0. The van der Waals surface area contributed by atoms with E-state index < -0.39 is 4.92 Å². The lowest BCUT2D eigenvalue weighted by molar-refractivity contribution is -0.385. The van der Waals surface area contributed by atoms with Crippen LogP contribution in [0, 0.1) is 10.1 Å². The van der Waals surface area contributed by atoms with Crippen LogP contribution >= 0.6 is 11.8 Å². The molecule has 0 aromatic heterocycles. The second kappa shape index (κ2) is 4.79. The summed E-state index contributed by atoms with van der Waals surface area (Å²) >= 11 is 1.35. The van der Waals surface area contributed by atoms with Crippen LogP contribution in [0.2, 0.25) is 0 Å². The van der Waals surface area contributed by atoms with Crippen LogP contribution in [0.4, 0.5) is 11.4 Å². The highest BCUT2D eigenvalue weighted by molar-refractivity contribution is 7.98. The van der Waals surface area contributed by atoms with Crippen LogP contribution in [-0.4, -0.2) is 17.1 Å². The number of nitrogens with zero attached hydrogens (tertiary/aromatic N) is 1. The van der Waals surface area contributed by atoms with E-state index in [0.29, 0.717) is 10.6 Å². The Morgan fingerprint density at radius 1 is 1.53 bits per heavy atom. The largest absolute Gasteiger partial charge is 0.325 e. The molecule has 0 aliphatic rings. The molecule has 0 bridgehead atoms. The highest BCUT2D eigenvalue weighted by Crippen LogP contribution is 2.29. The van der Waals surface area contributed by atoms with Crippen LogP contribution in [0.3, 0.4) is 0 Å². The summed E-state index contributed by atoms with van der Waals surface area (Å²) in [6, 6.07) is 4.34. The lowest BCUT2D eigenvalue weighted by atomic mass is 10.3. The van der Waals surface area contributed by atoms with Gasteiger partial charge in [-0.05, 0) is 12.3 Å². The zero-order valence-corrected chi connectivity index (χ0v) is 9.13. The van der Waals surface area contributed by atoms with Gasteiger partial charge in [-0.3, -0.25) is 14.9 Å². The molecule has 0 saturated heterocycles. The van der Waals surface area contributed by atoms with E-state index in [0.717, 1.165) is 0 Å². The van der Waals surface area contributed by atoms with Crippen LogP contribution in [0.5, 0.6) is 0 Å². The average Bonchev–Trinajstić information content (AvgIpc) is 2.17. The van der Waals surface area contributed by atoms with Crippen LogP contribution in [-0.2, 0) is 4.79 Å². The van der Waals surface area contributed by atoms with E-state index in [1.165, 1.54) is 36.9 Å². The molecule has 1 rings (SSSR count). The van der Waals surface area contributed by atoms with Crippen molar-refractivity contribution in [1.82, 2.24) is 0 Å². The predicted molar refractivity (Wildman–Crippen MR) is 59.2 cm³/mol. The van der Waals surface area contributed by atoms with Crippen LogP contribution in [0.25, 0.3) is 0 Å². The Kier molecular flexibility index (Phi) is 3.68. The number of benzene rings is 1. The maximum Gasteiger partial charge on any atom is 0.270 e. The van der Waals surface area contributed by atoms with Crippen molar-refractivity contribution < 1.29 is 9.72 Å². The molecular weight excluding hydrogens is 216 g/mol.